The predicted molar refractivity (Wildman–Crippen MR) is 115 cm³/mol. The number of aryl methyl sites for hydroxylation is 1. The number of piperazine rings is 1. The Morgan fingerprint density at radius 2 is 1.72 bits per heavy atom. The summed E-state index contributed by atoms with van der Waals surface area (Å²) in [6.45, 7) is 9.89. The highest BCUT2D eigenvalue weighted by molar-refractivity contribution is 5.78. The molecule has 3 rings (SSSR count). The molecule has 1 aliphatic rings. The van der Waals surface area contributed by atoms with Crippen molar-refractivity contribution in [3.05, 3.63) is 59.4 Å². The molecule has 1 aliphatic heterocycles. The van der Waals surface area contributed by atoms with Crippen LogP contribution in [0.3, 0.4) is 0 Å². The van der Waals surface area contributed by atoms with Crippen molar-refractivity contribution in [2.24, 2.45) is 0 Å². The van der Waals surface area contributed by atoms with Crippen LogP contribution in [0.15, 0.2) is 42.7 Å². The number of carbonyl (C=O) groups excluding carboxylic acids is 2. The summed E-state index contributed by atoms with van der Waals surface area (Å²) in [5, 5.41) is 0. The molecule has 0 atom stereocenters. The Labute approximate surface area is 173 Å². The molecule has 0 spiro atoms. The van der Waals surface area contributed by atoms with Gasteiger partial charge in [0.2, 0.25) is 11.8 Å². The largest absolute Gasteiger partial charge is 0.368 e. The predicted octanol–water partition coefficient (Wildman–Crippen LogP) is 2.79. The minimum Gasteiger partial charge on any atom is -0.368 e. The van der Waals surface area contributed by atoms with Gasteiger partial charge in [0.15, 0.2) is 0 Å². The van der Waals surface area contributed by atoms with E-state index in [9.17, 15) is 9.59 Å². The summed E-state index contributed by atoms with van der Waals surface area (Å²) >= 11 is 0. The molecule has 29 heavy (non-hydrogen) atoms. The van der Waals surface area contributed by atoms with Crippen molar-refractivity contribution in [1.82, 2.24) is 14.8 Å². The molecule has 1 fully saturated rings. The Balaban J connectivity index is 1.51. The first-order valence-corrected chi connectivity index (χ1v) is 10.2. The van der Waals surface area contributed by atoms with Gasteiger partial charge in [-0.2, -0.15) is 0 Å². The minimum absolute atomic E-state index is 0.0191. The van der Waals surface area contributed by atoms with Crippen LogP contribution in [-0.4, -0.2) is 59.3 Å². The van der Waals surface area contributed by atoms with E-state index in [4.69, 9.17) is 0 Å². The van der Waals surface area contributed by atoms with Gasteiger partial charge < -0.3 is 14.7 Å². The molecule has 2 aromatic rings. The number of anilines is 1. The molecule has 0 aliphatic carbocycles. The molecule has 2 amide bonds. The molecule has 0 N–H and O–H groups in total. The molecule has 2 heterocycles. The van der Waals surface area contributed by atoms with Crippen LogP contribution in [0, 0.1) is 13.8 Å². The minimum atomic E-state index is -0.0191. The van der Waals surface area contributed by atoms with Crippen molar-refractivity contribution in [2.45, 2.75) is 33.7 Å². The summed E-state index contributed by atoms with van der Waals surface area (Å²) in [7, 11) is 0. The molecular formula is C23H30N4O2. The second-order valence-electron chi connectivity index (χ2n) is 7.63. The van der Waals surface area contributed by atoms with Gasteiger partial charge in [0.25, 0.3) is 0 Å². The van der Waals surface area contributed by atoms with E-state index in [0.29, 0.717) is 19.5 Å². The first kappa shape index (κ1) is 20.8. The second-order valence-corrected chi connectivity index (χ2v) is 7.63. The average molecular weight is 395 g/mol. The SMILES string of the molecule is CC(=O)N(CCC(=O)N1CCN(c2cccc(C)c2C)CC1)Cc1ccncc1. The van der Waals surface area contributed by atoms with Gasteiger partial charge in [-0.3, -0.25) is 14.6 Å². The van der Waals surface area contributed by atoms with Crippen LogP contribution >= 0.6 is 0 Å². The lowest BCUT2D eigenvalue weighted by atomic mass is 10.1. The third-order valence-electron chi connectivity index (χ3n) is 5.71. The van der Waals surface area contributed by atoms with Crippen LogP contribution < -0.4 is 4.90 Å². The van der Waals surface area contributed by atoms with Crippen LogP contribution in [0.5, 0.6) is 0 Å². The number of pyridine rings is 1. The topological polar surface area (TPSA) is 56.8 Å². The van der Waals surface area contributed by atoms with Crippen LogP contribution in [0.1, 0.15) is 30.0 Å². The smallest absolute Gasteiger partial charge is 0.224 e. The van der Waals surface area contributed by atoms with Crippen molar-refractivity contribution < 1.29 is 9.59 Å². The zero-order chi connectivity index (χ0) is 20.8. The molecule has 0 unspecified atom stereocenters. The van der Waals surface area contributed by atoms with Crippen LogP contribution in [0.25, 0.3) is 0 Å². The molecule has 0 saturated carbocycles. The Bertz CT molecular complexity index is 845. The van der Waals surface area contributed by atoms with E-state index >= 15 is 0 Å². The maximum atomic E-state index is 12.7. The summed E-state index contributed by atoms with van der Waals surface area (Å²) in [4.78, 5) is 34.7. The van der Waals surface area contributed by atoms with Gasteiger partial charge >= 0.3 is 0 Å². The number of aromatic nitrogens is 1. The van der Waals surface area contributed by atoms with Crippen LogP contribution in [0.4, 0.5) is 5.69 Å². The molecule has 0 bridgehead atoms. The summed E-state index contributed by atoms with van der Waals surface area (Å²) in [5.41, 5.74) is 4.88. The van der Waals surface area contributed by atoms with E-state index in [1.807, 2.05) is 17.0 Å². The number of hydrogen-bond donors (Lipinski definition) is 0. The fraction of sp³-hybridized carbons (Fsp3) is 0.435. The van der Waals surface area contributed by atoms with Crippen molar-refractivity contribution in [1.29, 1.82) is 0 Å². The summed E-state index contributed by atoms with van der Waals surface area (Å²) in [6.07, 6.45) is 3.79. The number of amides is 2. The van der Waals surface area contributed by atoms with Crippen LogP contribution in [-0.2, 0) is 16.1 Å². The van der Waals surface area contributed by atoms with Gasteiger partial charge in [0.05, 0.1) is 0 Å². The summed E-state index contributed by atoms with van der Waals surface area (Å²) < 4.78 is 0. The molecular weight excluding hydrogens is 364 g/mol. The third-order valence-corrected chi connectivity index (χ3v) is 5.71. The van der Waals surface area contributed by atoms with Gasteiger partial charge in [0, 0.05) is 70.7 Å². The third kappa shape index (κ3) is 5.34. The van der Waals surface area contributed by atoms with Gasteiger partial charge in [-0.15, -0.1) is 0 Å². The van der Waals surface area contributed by atoms with E-state index in [-0.39, 0.29) is 11.8 Å². The van der Waals surface area contributed by atoms with Crippen molar-refractivity contribution in [3.63, 3.8) is 0 Å². The lowest BCUT2D eigenvalue weighted by Crippen LogP contribution is -2.49. The standard InChI is InChI=1S/C23H30N4O2/c1-18-5-4-6-22(19(18)2)25-13-15-26(16-14-25)23(29)9-12-27(20(3)28)17-21-7-10-24-11-8-21/h4-8,10-11H,9,12-17H2,1-3H3. The van der Waals surface area contributed by atoms with E-state index < -0.39 is 0 Å². The lowest BCUT2D eigenvalue weighted by Gasteiger charge is -2.37. The zero-order valence-corrected chi connectivity index (χ0v) is 17.6. The molecule has 154 valence electrons. The van der Waals surface area contributed by atoms with E-state index in [1.54, 1.807) is 24.2 Å². The van der Waals surface area contributed by atoms with Crippen molar-refractivity contribution >= 4 is 17.5 Å². The average Bonchev–Trinajstić information content (AvgIpc) is 2.73. The number of nitrogens with zero attached hydrogens (tertiary/aromatic N) is 4. The van der Waals surface area contributed by atoms with Gasteiger partial charge in [0.1, 0.15) is 0 Å². The van der Waals surface area contributed by atoms with Gasteiger partial charge in [-0.1, -0.05) is 12.1 Å². The highest BCUT2D eigenvalue weighted by Gasteiger charge is 2.23. The maximum Gasteiger partial charge on any atom is 0.224 e. The van der Waals surface area contributed by atoms with Crippen molar-refractivity contribution in [3.8, 4) is 0 Å². The highest BCUT2D eigenvalue weighted by Crippen LogP contribution is 2.24. The first-order valence-electron chi connectivity index (χ1n) is 10.2. The molecule has 1 saturated heterocycles. The number of carbonyl (C=O) groups is 2. The zero-order valence-electron chi connectivity index (χ0n) is 17.6. The Morgan fingerprint density at radius 1 is 1.03 bits per heavy atom. The molecule has 6 heteroatoms. The fourth-order valence-corrected chi connectivity index (χ4v) is 3.72. The van der Waals surface area contributed by atoms with Crippen LogP contribution in [0.2, 0.25) is 0 Å². The van der Waals surface area contributed by atoms with E-state index in [1.165, 1.54) is 16.8 Å². The number of benzene rings is 1. The Kier molecular flexibility index (Phi) is 6.86. The quantitative estimate of drug-likeness (QED) is 0.756. The molecule has 6 nitrogen and oxygen atoms in total. The Morgan fingerprint density at radius 3 is 2.38 bits per heavy atom. The van der Waals surface area contributed by atoms with Gasteiger partial charge in [-0.25, -0.2) is 0 Å². The number of hydrogen-bond acceptors (Lipinski definition) is 4. The summed E-state index contributed by atoms with van der Waals surface area (Å²) in [5.74, 6) is 0.0981. The monoisotopic (exact) mass is 394 g/mol. The summed E-state index contributed by atoms with van der Waals surface area (Å²) in [6, 6.07) is 10.2. The second kappa shape index (κ2) is 9.54. The molecule has 0 radical (unpaired) electrons. The normalized spacial score (nSPS) is 14.0. The fourth-order valence-electron chi connectivity index (χ4n) is 3.72. The van der Waals surface area contributed by atoms with Gasteiger partial charge in [-0.05, 0) is 48.7 Å². The molecule has 1 aromatic carbocycles. The van der Waals surface area contributed by atoms with E-state index in [2.05, 4.69) is 41.9 Å². The van der Waals surface area contributed by atoms with Crippen molar-refractivity contribution in [2.75, 3.05) is 37.6 Å². The Hall–Kier alpha value is -2.89. The highest BCUT2D eigenvalue weighted by atomic mass is 16.2. The molecule has 1 aromatic heterocycles. The number of rotatable bonds is 6. The van der Waals surface area contributed by atoms with E-state index in [0.717, 1.165) is 31.7 Å². The maximum absolute atomic E-state index is 12.7. The lowest BCUT2D eigenvalue weighted by molar-refractivity contribution is -0.134. The first-order chi connectivity index (χ1) is 14.0.